The van der Waals surface area contributed by atoms with E-state index in [1.165, 1.54) is 0 Å². The van der Waals surface area contributed by atoms with E-state index in [4.69, 9.17) is 9.47 Å². The van der Waals surface area contributed by atoms with Gasteiger partial charge >= 0.3 is 0 Å². The Morgan fingerprint density at radius 1 is 1.00 bits per heavy atom. The van der Waals surface area contributed by atoms with E-state index < -0.39 is 0 Å². The molecule has 2 fully saturated rings. The van der Waals surface area contributed by atoms with Gasteiger partial charge in [-0.3, -0.25) is 0 Å². The van der Waals surface area contributed by atoms with E-state index in [1.54, 1.807) is 0 Å². The van der Waals surface area contributed by atoms with E-state index in [0.29, 0.717) is 5.41 Å². The van der Waals surface area contributed by atoms with Gasteiger partial charge in [0.15, 0.2) is 0 Å². The van der Waals surface area contributed by atoms with Crippen molar-refractivity contribution in [1.82, 2.24) is 0 Å². The maximum absolute atomic E-state index is 5.39. The average Bonchev–Trinajstić information content (AvgIpc) is 2.12. The van der Waals surface area contributed by atoms with Crippen molar-refractivity contribution in [3.05, 3.63) is 0 Å². The highest BCUT2D eigenvalue weighted by Gasteiger charge is 2.41. The molecular weight excluding hydrogens is 212 g/mol. The summed E-state index contributed by atoms with van der Waals surface area (Å²) in [5, 5.41) is 0. The molecule has 0 bridgehead atoms. The highest BCUT2D eigenvalue weighted by atomic mass is 16.5. The van der Waals surface area contributed by atoms with Crippen molar-refractivity contribution >= 4 is 0 Å². The summed E-state index contributed by atoms with van der Waals surface area (Å²) < 4.78 is 10.5. The van der Waals surface area contributed by atoms with Crippen molar-refractivity contribution in [2.75, 3.05) is 19.8 Å². The van der Waals surface area contributed by atoms with Crippen molar-refractivity contribution in [3.63, 3.8) is 0 Å². The second-order valence-corrected chi connectivity index (χ2v) is 7.07. The van der Waals surface area contributed by atoms with Crippen LogP contribution in [0.1, 0.15) is 48.5 Å². The minimum atomic E-state index is 0.161. The molecule has 2 heterocycles. The molecule has 0 aromatic heterocycles. The molecule has 2 rings (SSSR count). The van der Waals surface area contributed by atoms with Crippen LogP contribution in [0.4, 0.5) is 0 Å². The first-order chi connectivity index (χ1) is 7.69. The zero-order valence-corrected chi connectivity index (χ0v) is 12.7. The summed E-state index contributed by atoms with van der Waals surface area (Å²) in [6.45, 7) is 18.5. The maximum Gasteiger partial charge on any atom is 0.0679 e. The van der Waals surface area contributed by atoms with Crippen LogP contribution >= 0.6 is 0 Å². The SMILES string of the molecule is CC(C)C1(C)COC1.CC(C)C1COC1(C)C. The van der Waals surface area contributed by atoms with Crippen LogP contribution in [-0.4, -0.2) is 25.4 Å². The van der Waals surface area contributed by atoms with Crippen LogP contribution in [0.25, 0.3) is 0 Å². The van der Waals surface area contributed by atoms with E-state index in [-0.39, 0.29) is 5.60 Å². The molecule has 0 aliphatic carbocycles. The smallest absolute Gasteiger partial charge is 0.0679 e. The molecule has 2 saturated heterocycles. The van der Waals surface area contributed by atoms with Crippen molar-refractivity contribution in [2.45, 2.75) is 54.1 Å². The average molecular weight is 242 g/mol. The lowest BCUT2D eigenvalue weighted by molar-refractivity contribution is -0.196. The minimum absolute atomic E-state index is 0.161. The molecular formula is C15H30O2. The van der Waals surface area contributed by atoms with Gasteiger partial charge in [0.05, 0.1) is 25.4 Å². The Hall–Kier alpha value is -0.0800. The van der Waals surface area contributed by atoms with Gasteiger partial charge in [-0.1, -0.05) is 34.6 Å². The third-order valence-electron chi connectivity index (χ3n) is 4.59. The molecule has 0 aromatic rings. The fourth-order valence-electron chi connectivity index (χ4n) is 2.27. The minimum Gasteiger partial charge on any atom is -0.380 e. The van der Waals surface area contributed by atoms with Gasteiger partial charge in [0, 0.05) is 11.3 Å². The Labute approximate surface area is 107 Å². The third kappa shape index (κ3) is 3.45. The van der Waals surface area contributed by atoms with Gasteiger partial charge in [-0.05, 0) is 25.7 Å². The Balaban J connectivity index is 0.000000171. The van der Waals surface area contributed by atoms with Gasteiger partial charge in [0.1, 0.15) is 0 Å². The van der Waals surface area contributed by atoms with Gasteiger partial charge in [-0.2, -0.15) is 0 Å². The molecule has 17 heavy (non-hydrogen) atoms. The Bertz CT molecular complexity index is 239. The van der Waals surface area contributed by atoms with E-state index in [0.717, 1.165) is 37.6 Å². The van der Waals surface area contributed by atoms with Crippen molar-refractivity contribution in [1.29, 1.82) is 0 Å². The van der Waals surface area contributed by atoms with Gasteiger partial charge in [0.25, 0.3) is 0 Å². The molecule has 1 unspecified atom stereocenters. The van der Waals surface area contributed by atoms with Gasteiger partial charge in [-0.15, -0.1) is 0 Å². The largest absolute Gasteiger partial charge is 0.380 e. The fraction of sp³-hybridized carbons (Fsp3) is 1.00. The zero-order chi connectivity index (χ0) is 13.3. The standard InChI is InChI=1S/C8H16O.C7H14O/c1-6(2)7-5-9-8(7,3)4;1-6(2)7(3)4-8-5-7/h6-7H,5H2,1-4H3;6H,4-5H2,1-3H3. The van der Waals surface area contributed by atoms with E-state index >= 15 is 0 Å². The monoisotopic (exact) mass is 242 g/mol. The molecule has 102 valence electrons. The highest BCUT2D eigenvalue weighted by Crippen LogP contribution is 2.37. The maximum atomic E-state index is 5.39. The molecule has 2 heteroatoms. The molecule has 0 radical (unpaired) electrons. The summed E-state index contributed by atoms with van der Waals surface area (Å²) in [4.78, 5) is 0. The van der Waals surface area contributed by atoms with Gasteiger partial charge in [0.2, 0.25) is 0 Å². The lowest BCUT2D eigenvalue weighted by atomic mass is 9.78. The first kappa shape index (κ1) is 15.0. The summed E-state index contributed by atoms with van der Waals surface area (Å²) in [6.07, 6.45) is 0. The van der Waals surface area contributed by atoms with Crippen molar-refractivity contribution in [2.24, 2.45) is 23.2 Å². The topological polar surface area (TPSA) is 18.5 Å². The lowest BCUT2D eigenvalue weighted by Crippen LogP contribution is -2.51. The molecule has 0 aromatic carbocycles. The Kier molecular flexibility index (Phi) is 4.65. The van der Waals surface area contributed by atoms with Crippen LogP contribution < -0.4 is 0 Å². The van der Waals surface area contributed by atoms with Crippen LogP contribution in [-0.2, 0) is 9.47 Å². The molecule has 0 N–H and O–H groups in total. The zero-order valence-electron chi connectivity index (χ0n) is 12.7. The summed E-state index contributed by atoms with van der Waals surface area (Å²) in [5.74, 6) is 2.32. The van der Waals surface area contributed by atoms with Crippen LogP contribution in [0.2, 0.25) is 0 Å². The molecule has 0 saturated carbocycles. The number of hydrogen-bond donors (Lipinski definition) is 0. The van der Waals surface area contributed by atoms with E-state index in [9.17, 15) is 0 Å². The summed E-state index contributed by atoms with van der Waals surface area (Å²) in [7, 11) is 0. The molecule has 0 spiro atoms. The summed E-state index contributed by atoms with van der Waals surface area (Å²) >= 11 is 0. The van der Waals surface area contributed by atoms with Crippen molar-refractivity contribution in [3.8, 4) is 0 Å². The molecule has 2 aliphatic rings. The van der Waals surface area contributed by atoms with E-state index in [2.05, 4.69) is 48.5 Å². The Morgan fingerprint density at radius 3 is 1.53 bits per heavy atom. The van der Waals surface area contributed by atoms with Crippen LogP contribution in [0.3, 0.4) is 0 Å². The Morgan fingerprint density at radius 2 is 1.53 bits per heavy atom. The normalized spacial score (nSPS) is 29.1. The third-order valence-corrected chi connectivity index (χ3v) is 4.59. The first-order valence-corrected chi connectivity index (χ1v) is 6.91. The van der Waals surface area contributed by atoms with Crippen molar-refractivity contribution < 1.29 is 9.47 Å². The van der Waals surface area contributed by atoms with Crippen LogP contribution in [0, 0.1) is 23.2 Å². The van der Waals surface area contributed by atoms with Crippen LogP contribution in [0.15, 0.2) is 0 Å². The molecule has 2 nitrogen and oxygen atoms in total. The highest BCUT2D eigenvalue weighted by molar-refractivity contribution is 4.89. The second kappa shape index (κ2) is 5.27. The van der Waals surface area contributed by atoms with Gasteiger partial charge < -0.3 is 9.47 Å². The van der Waals surface area contributed by atoms with E-state index in [1.807, 2.05) is 0 Å². The summed E-state index contributed by atoms with van der Waals surface area (Å²) in [5.41, 5.74) is 0.661. The molecule has 1 atom stereocenters. The quantitative estimate of drug-likeness (QED) is 0.734. The second-order valence-electron chi connectivity index (χ2n) is 7.07. The van der Waals surface area contributed by atoms with Crippen LogP contribution in [0.5, 0.6) is 0 Å². The fourth-order valence-corrected chi connectivity index (χ4v) is 2.27. The van der Waals surface area contributed by atoms with Gasteiger partial charge in [-0.25, -0.2) is 0 Å². The first-order valence-electron chi connectivity index (χ1n) is 6.91. The molecule has 0 amide bonds. The summed E-state index contributed by atoms with van der Waals surface area (Å²) in [6, 6.07) is 0. The number of hydrogen-bond acceptors (Lipinski definition) is 2. The number of rotatable bonds is 2. The molecule has 2 aliphatic heterocycles. The lowest BCUT2D eigenvalue weighted by Gasteiger charge is -2.46. The number of ether oxygens (including phenoxy) is 2. The predicted molar refractivity (Wildman–Crippen MR) is 72.1 cm³/mol. The predicted octanol–water partition coefficient (Wildman–Crippen LogP) is 3.75.